The third-order valence-corrected chi connectivity index (χ3v) is 5.66. The van der Waals surface area contributed by atoms with Crippen LogP contribution < -0.4 is 15.8 Å². The molecule has 1 fully saturated rings. The number of aromatic amines is 1. The number of fused-ring (bicyclic) bond motifs is 1. The molecule has 2 N–H and O–H groups in total. The van der Waals surface area contributed by atoms with Crippen LogP contribution in [-0.4, -0.2) is 45.4 Å². The smallest absolute Gasteiger partial charge is 0.407 e. The summed E-state index contributed by atoms with van der Waals surface area (Å²) >= 11 is 0. The Hall–Kier alpha value is -3.29. The van der Waals surface area contributed by atoms with Gasteiger partial charge in [0.05, 0.1) is 12.1 Å². The third-order valence-electron chi connectivity index (χ3n) is 5.66. The number of amides is 1. The van der Waals surface area contributed by atoms with Gasteiger partial charge in [0.2, 0.25) is 5.95 Å². The molecule has 32 heavy (non-hydrogen) atoms. The van der Waals surface area contributed by atoms with Gasteiger partial charge in [-0.2, -0.15) is 0 Å². The second kappa shape index (κ2) is 8.68. The minimum Gasteiger partial charge on any atom is -0.444 e. The van der Waals surface area contributed by atoms with E-state index in [4.69, 9.17) is 9.72 Å². The number of imidazole rings is 1. The highest BCUT2D eigenvalue weighted by Crippen LogP contribution is 2.25. The first-order valence-corrected chi connectivity index (χ1v) is 11.1. The predicted molar refractivity (Wildman–Crippen MR) is 125 cm³/mol. The van der Waals surface area contributed by atoms with Crippen LogP contribution in [0.5, 0.6) is 0 Å². The molecule has 3 heterocycles. The highest BCUT2D eigenvalue weighted by Gasteiger charge is 2.27. The Balaban J connectivity index is 1.65. The number of piperidine rings is 1. The van der Waals surface area contributed by atoms with Crippen molar-refractivity contribution in [1.82, 2.24) is 19.9 Å². The molecule has 1 aliphatic heterocycles. The first kappa shape index (κ1) is 21.9. The molecule has 1 saturated heterocycles. The number of aryl methyl sites for hydroxylation is 1. The number of carbonyl (C=O) groups excluding carboxylic acids is 1. The number of hydrogen-bond acceptors (Lipinski definition) is 5. The van der Waals surface area contributed by atoms with Crippen molar-refractivity contribution in [1.29, 1.82) is 0 Å². The number of pyridine rings is 1. The van der Waals surface area contributed by atoms with Gasteiger partial charge in [-0.1, -0.05) is 24.3 Å². The minimum absolute atomic E-state index is 0.0522. The molecule has 0 saturated carbocycles. The number of aromatic nitrogens is 3. The van der Waals surface area contributed by atoms with E-state index in [0.717, 1.165) is 36.5 Å². The summed E-state index contributed by atoms with van der Waals surface area (Å²) in [6.45, 7) is 9.59. The molecule has 0 bridgehead atoms. The van der Waals surface area contributed by atoms with Gasteiger partial charge in [-0.05, 0) is 57.7 Å². The Bertz CT molecular complexity index is 1170. The first-order chi connectivity index (χ1) is 15.2. The van der Waals surface area contributed by atoms with Gasteiger partial charge in [-0.25, -0.2) is 9.78 Å². The molecule has 4 rings (SSSR count). The van der Waals surface area contributed by atoms with Crippen LogP contribution in [-0.2, 0) is 11.3 Å². The summed E-state index contributed by atoms with van der Waals surface area (Å²) < 4.78 is 7.42. The van der Waals surface area contributed by atoms with E-state index in [9.17, 15) is 9.59 Å². The zero-order chi connectivity index (χ0) is 22.9. The number of benzene rings is 1. The number of carbonyl (C=O) groups is 1. The lowest BCUT2D eigenvalue weighted by Crippen LogP contribution is -2.49. The number of rotatable bonds is 4. The van der Waals surface area contributed by atoms with Gasteiger partial charge in [0.15, 0.2) is 0 Å². The van der Waals surface area contributed by atoms with E-state index in [1.54, 1.807) is 6.20 Å². The van der Waals surface area contributed by atoms with Crippen LogP contribution in [0.3, 0.4) is 0 Å². The van der Waals surface area contributed by atoms with Crippen molar-refractivity contribution < 1.29 is 9.53 Å². The Morgan fingerprint density at radius 1 is 1.28 bits per heavy atom. The molecule has 8 nitrogen and oxygen atoms in total. The highest BCUT2D eigenvalue weighted by molar-refractivity contribution is 5.78. The van der Waals surface area contributed by atoms with Crippen molar-refractivity contribution in [3.63, 3.8) is 0 Å². The highest BCUT2D eigenvalue weighted by atomic mass is 16.6. The summed E-state index contributed by atoms with van der Waals surface area (Å²) in [5, 5.41) is 2.99. The van der Waals surface area contributed by atoms with Crippen molar-refractivity contribution in [3.05, 3.63) is 58.0 Å². The van der Waals surface area contributed by atoms with Crippen molar-refractivity contribution in [2.75, 3.05) is 18.0 Å². The molecule has 1 aliphatic rings. The molecular weight excluding hydrogens is 406 g/mol. The molecule has 3 aromatic rings. The van der Waals surface area contributed by atoms with E-state index >= 15 is 0 Å². The SMILES string of the molecule is Cc1ccccc1Cn1c(N2CCC[C@@H](NC(=O)OC(C)(C)C)C2)nc2cc[nH]c(=O)c21. The number of hydrogen-bond donors (Lipinski definition) is 2. The number of anilines is 1. The summed E-state index contributed by atoms with van der Waals surface area (Å²) in [6.07, 6.45) is 3.00. The van der Waals surface area contributed by atoms with Crippen molar-refractivity contribution in [2.45, 2.75) is 58.7 Å². The largest absolute Gasteiger partial charge is 0.444 e. The standard InChI is InChI=1S/C24H31N5O3/c1-16-8-5-6-9-17(16)14-29-20-19(11-12-25-21(20)30)27-22(29)28-13-7-10-18(15-28)26-23(31)32-24(2,3)4/h5-6,8-9,11-12,18H,7,10,13-15H2,1-4H3,(H,25,30)(H,26,31)/t18-/m1/s1. The average Bonchev–Trinajstić information content (AvgIpc) is 3.08. The molecule has 1 aromatic carbocycles. The Kier molecular flexibility index (Phi) is 5.95. The Labute approximate surface area is 187 Å². The van der Waals surface area contributed by atoms with Crippen LogP contribution in [0.4, 0.5) is 10.7 Å². The van der Waals surface area contributed by atoms with E-state index in [0.29, 0.717) is 24.1 Å². The molecule has 0 unspecified atom stereocenters. The fraction of sp³-hybridized carbons (Fsp3) is 0.458. The van der Waals surface area contributed by atoms with Gasteiger partial charge in [0, 0.05) is 25.3 Å². The average molecular weight is 438 g/mol. The van der Waals surface area contributed by atoms with Gasteiger partial charge >= 0.3 is 6.09 Å². The number of nitrogens with zero attached hydrogens (tertiary/aromatic N) is 3. The molecule has 2 aromatic heterocycles. The number of alkyl carbamates (subject to hydrolysis) is 1. The summed E-state index contributed by atoms with van der Waals surface area (Å²) in [4.78, 5) is 34.7. The lowest BCUT2D eigenvalue weighted by Gasteiger charge is -2.34. The van der Waals surface area contributed by atoms with E-state index in [2.05, 4.69) is 34.3 Å². The van der Waals surface area contributed by atoms with Gasteiger partial charge in [0.25, 0.3) is 5.56 Å². The fourth-order valence-corrected chi connectivity index (χ4v) is 4.18. The van der Waals surface area contributed by atoms with Crippen LogP contribution >= 0.6 is 0 Å². The number of H-pyrrole nitrogens is 1. The third kappa shape index (κ3) is 4.79. The Morgan fingerprint density at radius 2 is 2.06 bits per heavy atom. The maximum absolute atomic E-state index is 12.7. The topological polar surface area (TPSA) is 92.2 Å². The molecule has 0 spiro atoms. The van der Waals surface area contributed by atoms with Gasteiger partial charge in [0.1, 0.15) is 11.1 Å². The summed E-state index contributed by atoms with van der Waals surface area (Å²) in [5.74, 6) is 0.746. The fourth-order valence-electron chi connectivity index (χ4n) is 4.18. The zero-order valence-electron chi connectivity index (χ0n) is 19.1. The van der Waals surface area contributed by atoms with Crippen LogP contribution in [0.25, 0.3) is 11.0 Å². The molecule has 1 atom stereocenters. The van der Waals surface area contributed by atoms with Crippen molar-refractivity contribution in [3.8, 4) is 0 Å². The lowest BCUT2D eigenvalue weighted by atomic mass is 10.1. The molecule has 0 aliphatic carbocycles. The van der Waals surface area contributed by atoms with E-state index < -0.39 is 11.7 Å². The second-order valence-corrected chi connectivity index (χ2v) is 9.40. The molecule has 1 amide bonds. The van der Waals surface area contributed by atoms with E-state index in [1.165, 1.54) is 0 Å². The van der Waals surface area contributed by atoms with E-state index in [1.807, 2.05) is 43.5 Å². The van der Waals surface area contributed by atoms with Gasteiger partial charge < -0.3 is 24.5 Å². The quantitative estimate of drug-likeness (QED) is 0.651. The van der Waals surface area contributed by atoms with Gasteiger partial charge in [-0.15, -0.1) is 0 Å². The summed E-state index contributed by atoms with van der Waals surface area (Å²) in [7, 11) is 0. The van der Waals surface area contributed by atoms with E-state index in [-0.39, 0.29) is 11.6 Å². The molecule has 170 valence electrons. The summed E-state index contributed by atoms with van der Waals surface area (Å²) in [5.41, 5.74) is 2.83. The van der Waals surface area contributed by atoms with Crippen LogP contribution in [0, 0.1) is 6.92 Å². The maximum Gasteiger partial charge on any atom is 0.407 e. The normalized spacial score (nSPS) is 16.9. The summed E-state index contributed by atoms with van der Waals surface area (Å²) in [6, 6.07) is 9.94. The maximum atomic E-state index is 12.7. The van der Waals surface area contributed by atoms with Crippen LogP contribution in [0.15, 0.2) is 41.3 Å². The molecular formula is C24H31N5O3. The lowest BCUT2D eigenvalue weighted by molar-refractivity contribution is 0.0500. The Morgan fingerprint density at radius 3 is 2.81 bits per heavy atom. The number of ether oxygens (including phenoxy) is 1. The molecule has 0 radical (unpaired) electrons. The number of nitrogens with one attached hydrogen (secondary N) is 2. The van der Waals surface area contributed by atoms with Crippen LogP contribution in [0.2, 0.25) is 0 Å². The first-order valence-electron chi connectivity index (χ1n) is 11.1. The predicted octanol–water partition coefficient (Wildman–Crippen LogP) is 3.57. The second-order valence-electron chi connectivity index (χ2n) is 9.40. The van der Waals surface area contributed by atoms with Crippen molar-refractivity contribution >= 4 is 23.1 Å². The minimum atomic E-state index is -0.541. The monoisotopic (exact) mass is 437 g/mol. The van der Waals surface area contributed by atoms with Crippen LogP contribution in [0.1, 0.15) is 44.7 Å². The van der Waals surface area contributed by atoms with Crippen molar-refractivity contribution in [2.24, 2.45) is 0 Å². The van der Waals surface area contributed by atoms with Gasteiger partial charge in [-0.3, -0.25) is 4.79 Å². The molecule has 8 heteroatoms. The zero-order valence-corrected chi connectivity index (χ0v) is 19.1.